The SMILES string of the molecule is Nc1cc(F)c(F)cc1-c1cc(Cl)cc(Cl)c1. The molecule has 2 aromatic carbocycles. The summed E-state index contributed by atoms with van der Waals surface area (Å²) in [4.78, 5) is 0. The van der Waals surface area contributed by atoms with Crippen LogP contribution < -0.4 is 5.73 Å². The van der Waals surface area contributed by atoms with E-state index >= 15 is 0 Å². The van der Waals surface area contributed by atoms with Crippen molar-refractivity contribution in [3.05, 3.63) is 52.0 Å². The summed E-state index contributed by atoms with van der Waals surface area (Å²) < 4.78 is 26.1. The smallest absolute Gasteiger partial charge is 0.160 e. The third-order valence-corrected chi connectivity index (χ3v) is 2.70. The number of nitrogen functional groups attached to an aromatic ring is 1. The van der Waals surface area contributed by atoms with Gasteiger partial charge >= 0.3 is 0 Å². The molecule has 0 aliphatic carbocycles. The molecule has 5 heteroatoms. The molecular weight excluding hydrogens is 267 g/mol. The Kier molecular flexibility index (Phi) is 3.22. The van der Waals surface area contributed by atoms with Crippen molar-refractivity contribution in [1.29, 1.82) is 0 Å². The zero-order valence-electron chi connectivity index (χ0n) is 8.48. The second-order valence-corrected chi connectivity index (χ2v) is 4.38. The maximum atomic E-state index is 13.1. The van der Waals surface area contributed by atoms with Gasteiger partial charge in [-0.2, -0.15) is 0 Å². The summed E-state index contributed by atoms with van der Waals surface area (Å²) in [5.74, 6) is -1.95. The van der Waals surface area contributed by atoms with E-state index < -0.39 is 11.6 Å². The Balaban J connectivity index is 2.64. The molecule has 0 saturated heterocycles. The van der Waals surface area contributed by atoms with Crippen LogP contribution in [-0.4, -0.2) is 0 Å². The second-order valence-electron chi connectivity index (χ2n) is 3.51. The van der Waals surface area contributed by atoms with E-state index in [9.17, 15) is 8.78 Å². The number of halogens is 4. The summed E-state index contributed by atoms with van der Waals surface area (Å²) in [6.45, 7) is 0. The molecule has 0 aliphatic rings. The third-order valence-electron chi connectivity index (χ3n) is 2.27. The van der Waals surface area contributed by atoms with Crippen molar-refractivity contribution in [3.8, 4) is 11.1 Å². The lowest BCUT2D eigenvalue weighted by atomic mass is 10.0. The zero-order valence-corrected chi connectivity index (χ0v) is 9.99. The first-order chi connectivity index (χ1) is 7.97. The predicted molar refractivity (Wildman–Crippen MR) is 66.2 cm³/mol. The summed E-state index contributed by atoms with van der Waals surface area (Å²) >= 11 is 11.7. The van der Waals surface area contributed by atoms with Gasteiger partial charge in [-0.15, -0.1) is 0 Å². The fourth-order valence-electron chi connectivity index (χ4n) is 1.52. The van der Waals surface area contributed by atoms with E-state index in [2.05, 4.69) is 0 Å². The van der Waals surface area contributed by atoms with Crippen molar-refractivity contribution in [2.75, 3.05) is 5.73 Å². The van der Waals surface area contributed by atoms with E-state index in [-0.39, 0.29) is 5.69 Å². The standard InChI is InChI=1S/C12H7Cl2F2N/c13-7-1-6(2-8(14)3-7)9-4-10(15)11(16)5-12(9)17/h1-5H,17H2. The van der Waals surface area contributed by atoms with E-state index in [1.54, 1.807) is 18.2 Å². The van der Waals surface area contributed by atoms with Crippen LogP contribution in [0, 0.1) is 11.6 Å². The molecule has 1 nitrogen and oxygen atoms in total. The highest BCUT2D eigenvalue weighted by Crippen LogP contribution is 2.32. The molecule has 0 spiro atoms. The minimum atomic E-state index is -0.987. The number of anilines is 1. The van der Waals surface area contributed by atoms with Gasteiger partial charge in [0.25, 0.3) is 0 Å². The van der Waals surface area contributed by atoms with E-state index in [4.69, 9.17) is 28.9 Å². The van der Waals surface area contributed by atoms with Gasteiger partial charge < -0.3 is 5.73 Å². The lowest BCUT2D eigenvalue weighted by Gasteiger charge is -2.08. The van der Waals surface area contributed by atoms with Gasteiger partial charge in [0.1, 0.15) is 0 Å². The quantitative estimate of drug-likeness (QED) is 0.760. The second kappa shape index (κ2) is 4.51. The van der Waals surface area contributed by atoms with Crippen LogP contribution in [0.2, 0.25) is 10.0 Å². The average molecular weight is 274 g/mol. The average Bonchev–Trinajstić information content (AvgIpc) is 2.22. The molecular formula is C12H7Cl2F2N. The van der Waals surface area contributed by atoms with Crippen LogP contribution in [0.1, 0.15) is 0 Å². The van der Waals surface area contributed by atoms with Crippen LogP contribution in [0.4, 0.5) is 14.5 Å². The van der Waals surface area contributed by atoms with E-state index in [1.807, 2.05) is 0 Å². The highest BCUT2D eigenvalue weighted by molar-refractivity contribution is 6.35. The maximum Gasteiger partial charge on any atom is 0.160 e. The number of nitrogens with two attached hydrogens (primary N) is 1. The number of benzene rings is 2. The molecule has 2 rings (SSSR count). The van der Waals surface area contributed by atoms with Crippen molar-refractivity contribution in [1.82, 2.24) is 0 Å². The molecule has 0 aliphatic heterocycles. The molecule has 88 valence electrons. The van der Waals surface area contributed by atoms with Gasteiger partial charge in [-0.05, 0) is 29.8 Å². The molecule has 0 fully saturated rings. The number of hydrogen-bond donors (Lipinski definition) is 1. The van der Waals surface area contributed by atoms with Gasteiger partial charge in [-0.3, -0.25) is 0 Å². The first kappa shape index (κ1) is 12.1. The minimum Gasteiger partial charge on any atom is -0.398 e. The third kappa shape index (κ3) is 2.51. The molecule has 0 bridgehead atoms. The van der Waals surface area contributed by atoms with Crippen molar-refractivity contribution < 1.29 is 8.78 Å². The van der Waals surface area contributed by atoms with Crippen LogP contribution in [-0.2, 0) is 0 Å². The van der Waals surface area contributed by atoms with E-state index in [1.165, 1.54) is 0 Å². The first-order valence-electron chi connectivity index (χ1n) is 4.68. The Hall–Kier alpha value is -1.32. The summed E-state index contributed by atoms with van der Waals surface area (Å²) in [5.41, 5.74) is 6.65. The molecule has 0 atom stereocenters. The fourth-order valence-corrected chi connectivity index (χ4v) is 2.05. The Morgan fingerprint density at radius 2 is 1.35 bits per heavy atom. The monoisotopic (exact) mass is 273 g/mol. The van der Waals surface area contributed by atoms with Gasteiger partial charge in [-0.1, -0.05) is 23.2 Å². The molecule has 17 heavy (non-hydrogen) atoms. The summed E-state index contributed by atoms with van der Waals surface area (Å²) in [6, 6.07) is 6.65. The molecule has 0 aromatic heterocycles. The summed E-state index contributed by atoms with van der Waals surface area (Å²) in [6.07, 6.45) is 0. The number of hydrogen-bond acceptors (Lipinski definition) is 1. The highest BCUT2D eigenvalue weighted by Gasteiger charge is 2.10. The zero-order chi connectivity index (χ0) is 12.6. The van der Waals surface area contributed by atoms with Gasteiger partial charge in [-0.25, -0.2) is 8.78 Å². The van der Waals surface area contributed by atoms with Gasteiger partial charge in [0, 0.05) is 27.4 Å². The lowest BCUT2D eigenvalue weighted by Crippen LogP contribution is -1.94. The highest BCUT2D eigenvalue weighted by atomic mass is 35.5. The predicted octanol–water partition coefficient (Wildman–Crippen LogP) is 4.52. The Morgan fingerprint density at radius 1 is 0.824 bits per heavy atom. The van der Waals surface area contributed by atoms with Gasteiger partial charge in [0.15, 0.2) is 11.6 Å². The maximum absolute atomic E-state index is 13.1. The number of rotatable bonds is 1. The molecule has 0 unspecified atom stereocenters. The topological polar surface area (TPSA) is 26.0 Å². The first-order valence-corrected chi connectivity index (χ1v) is 5.44. The molecule has 0 radical (unpaired) electrons. The Bertz CT molecular complexity index is 565. The van der Waals surface area contributed by atoms with Crippen LogP contribution in [0.5, 0.6) is 0 Å². The van der Waals surface area contributed by atoms with E-state index in [0.717, 1.165) is 12.1 Å². The summed E-state index contributed by atoms with van der Waals surface area (Å²) in [7, 11) is 0. The Morgan fingerprint density at radius 3 is 1.94 bits per heavy atom. The molecule has 2 N–H and O–H groups in total. The lowest BCUT2D eigenvalue weighted by molar-refractivity contribution is 0.509. The van der Waals surface area contributed by atoms with Crippen molar-refractivity contribution in [2.24, 2.45) is 0 Å². The fraction of sp³-hybridized carbons (Fsp3) is 0. The normalized spacial score (nSPS) is 10.6. The van der Waals surface area contributed by atoms with Crippen molar-refractivity contribution in [3.63, 3.8) is 0 Å². The van der Waals surface area contributed by atoms with Crippen LogP contribution >= 0.6 is 23.2 Å². The molecule has 2 aromatic rings. The van der Waals surface area contributed by atoms with Gasteiger partial charge in [0.2, 0.25) is 0 Å². The van der Waals surface area contributed by atoms with E-state index in [0.29, 0.717) is 21.2 Å². The van der Waals surface area contributed by atoms with Crippen LogP contribution in [0.15, 0.2) is 30.3 Å². The van der Waals surface area contributed by atoms with Crippen LogP contribution in [0.25, 0.3) is 11.1 Å². The van der Waals surface area contributed by atoms with Crippen LogP contribution in [0.3, 0.4) is 0 Å². The molecule has 0 heterocycles. The molecule has 0 amide bonds. The Labute approximate surface area is 107 Å². The van der Waals surface area contributed by atoms with Gasteiger partial charge in [0.05, 0.1) is 0 Å². The largest absolute Gasteiger partial charge is 0.398 e. The minimum absolute atomic E-state index is 0.127. The van der Waals surface area contributed by atoms with Crippen molar-refractivity contribution in [2.45, 2.75) is 0 Å². The van der Waals surface area contributed by atoms with Crippen molar-refractivity contribution >= 4 is 28.9 Å². The molecule has 0 saturated carbocycles. The summed E-state index contributed by atoms with van der Waals surface area (Å²) in [5, 5.41) is 0.799.